The van der Waals surface area contributed by atoms with E-state index in [0.29, 0.717) is 11.4 Å². The average Bonchev–Trinajstić information content (AvgIpc) is 3.34. The second-order valence-corrected chi connectivity index (χ2v) is 7.34. The van der Waals surface area contributed by atoms with E-state index in [0.717, 1.165) is 38.1 Å². The third kappa shape index (κ3) is 2.58. The molecule has 0 aliphatic carbocycles. The molecule has 0 aliphatic heterocycles. The Morgan fingerprint density at radius 3 is 2.71 bits per heavy atom. The molecular weight excluding hydrogens is 372 g/mol. The SMILES string of the molecule is Cc1ccc(-c2nc(-c3cccc(C(=O)O)n3)cs2)c2c1oc1ccccc12. The van der Waals surface area contributed by atoms with Gasteiger partial charge in [-0.1, -0.05) is 36.4 Å². The number of benzene rings is 2. The van der Waals surface area contributed by atoms with E-state index >= 15 is 0 Å². The number of aromatic nitrogens is 2. The summed E-state index contributed by atoms with van der Waals surface area (Å²) in [7, 11) is 0. The molecule has 0 aliphatic rings. The monoisotopic (exact) mass is 386 g/mol. The number of aromatic carboxylic acids is 1. The molecule has 5 nitrogen and oxygen atoms in total. The van der Waals surface area contributed by atoms with E-state index in [-0.39, 0.29) is 5.69 Å². The van der Waals surface area contributed by atoms with Gasteiger partial charge in [-0.3, -0.25) is 0 Å². The Bertz CT molecular complexity index is 1370. The quantitative estimate of drug-likeness (QED) is 0.425. The second-order valence-electron chi connectivity index (χ2n) is 6.48. The van der Waals surface area contributed by atoms with Crippen LogP contribution in [-0.2, 0) is 0 Å². The Labute approximate surface area is 163 Å². The molecule has 0 spiro atoms. The first kappa shape index (κ1) is 16.6. The number of thiazole rings is 1. The Hall–Kier alpha value is -3.51. The second kappa shape index (κ2) is 6.28. The van der Waals surface area contributed by atoms with Gasteiger partial charge in [-0.05, 0) is 30.7 Å². The molecular formula is C22H14N2O3S. The molecule has 3 aromatic heterocycles. The van der Waals surface area contributed by atoms with E-state index in [1.54, 1.807) is 12.1 Å². The van der Waals surface area contributed by atoms with E-state index in [9.17, 15) is 4.79 Å². The molecule has 5 aromatic rings. The zero-order valence-corrected chi connectivity index (χ0v) is 15.7. The minimum Gasteiger partial charge on any atom is -0.477 e. The van der Waals surface area contributed by atoms with Crippen LogP contribution in [0.2, 0.25) is 0 Å². The largest absolute Gasteiger partial charge is 0.477 e. The highest BCUT2D eigenvalue weighted by Crippen LogP contribution is 2.39. The first-order valence-electron chi connectivity index (χ1n) is 8.69. The van der Waals surface area contributed by atoms with Crippen LogP contribution in [0.25, 0.3) is 43.9 Å². The zero-order valence-electron chi connectivity index (χ0n) is 14.8. The summed E-state index contributed by atoms with van der Waals surface area (Å²) >= 11 is 1.50. The third-order valence-corrected chi connectivity index (χ3v) is 5.56. The topological polar surface area (TPSA) is 76.2 Å². The lowest BCUT2D eigenvalue weighted by Gasteiger charge is -2.02. The van der Waals surface area contributed by atoms with Crippen LogP contribution in [0.4, 0.5) is 0 Å². The van der Waals surface area contributed by atoms with Gasteiger partial charge in [-0.15, -0.1) is 11.3 Å². The molecule has 5 rings (SSSR count). The first-order valence-corrected chi connectivity index (χ1v) is 9.57. The maximum absolute atomic E-state index is 11.2. The summed E-state index contributed by atoms with van der Waals surface area (Å²) in [5, 5.41) is 14.0. The first-order chi connectivity index (χ1) is 13.6. The van der Waals surface area contributed by atoms with Gasteiger partial charge in [0, 0.05) is 21.7 Å². The zero-order chi connectivity index (χ0) is 19.3. The fourth-order valence-electron chi connectivity index (χ4n) is 3.35. The summed E-state index contributed by atoms with van der Waals surface area (Å²) < 4.78 is 6.08. The van der Waals surface area contributed by atoms with Crippen molar-refractivity contribution in [3.63, 3.8) is 0 Å². The van der Waals surface area contributed by atoms with E-state index in [4.69, 9.17) is 14.5 Å². The number of carbonyl (C=O) groups is 1. The molecule has 1 N–H and O–H groups in total. The van der Waals surface area contributed by atoms with Crippen LogP contribution in [0.1, 0.15) is 16.1 Å². The number of furan rings is 1. The van der Waals surface area contributed by atoms with Crippen LogP contribution in [0.3, 0.4) is 0 Å². The summed E-state index contributed by atoms with van der Waals surface area (Å²) in [4.78, 5) is 20.1. The molecule has 3 heterocycles. The summed E-state index contributed by atoms with van der Waals surface area (Å²) in [6.45, 7) is 2.03. The Morgan fingerprint density at radius 1 is 1.00 bits per heavy atom. The summed E-state index contributed by atoms with van der Waals surface area (Å²) in [5.74, 6) is -1.05. The van der Waals surface area contributed by atoms with Crippen LogP contribution >= 0.6 is 11.3 Å². The van der Waals surface area contributed by atoms with Crippen molar-refractivity contribution in [2.75, 3.05) is 0 Å². The van der Waals surface area contributed by atoms with Crippen LogP contribution < -0.4 is 0 Å². The number of fused-ring (bicyclic) bond motifs is 3. The predicted molar refractivity (Wildman–Crippen MR) is 110 cm³/mol. The van der Waals surface area contributed by atoms with Crippen LogP contribution in [0, 0.1) is 6.92 Å². The fraction of sp³-hybridized carbons (Fsp3) is 0.0455. The lowest BCUT2D eigenvalue weighted by molar-refractivity contribution is 0.0690. The number of aryl methyl sites for hydroxylation is 1. The Morgan fingerprint density at radius 2 is 1.86 bits per heavy atom. The Kier molecular flexibility index (Phi) is 3.74. The van der Waals surface area contributed by atoms with Crippen molar-refractivity contribution in [3.05, 3.63) is 71.2 Å². The number of carboxylic acids is 1. The minimum absolute atomic E-state index is 0.00519. The molecule has 0 atom stereocenters. The van der Waals surface area contributed by atoms with Crippen molar-refractivity contribution in [2.24, 2.45) is 0 Å². The van der Waals surface area contributed by atoms with Crippen molar-refractivity contribution >= 4 is 39.2 Å². The number of nitrogens with zero attached hydrogens (tertiary/aromatic N) is 2. The van der Waals surface area contributed by atoms with Gasteiger partial charge in [-0.25, -0.2) is 14.8 Å². The molecule has 0 radical (unpaired) electrons. The van der Waals surface area contributed by atoms with Crippen LogP contribution in [0.5, 0.6) is 0 Å². The molecule has 0 fully saturated rings. The standard InChI is InChI=1S/C22H14N2O3S/c1-12-9-10-14(19-13-5-2-3-8-18(13)27-20(12)19)21-24-17(11-28-21)15-6-4-7-16(23-15)22(25)26/h2-11H,1H3,(H,25,26). The number of para-hydroxylation sites is 1. The normalized spacial score (nSPS) is 11.3. The van der Waals surface area contributed by atoms with Gasteiger partial charge < -0.3 is 9.52 Å². The maximum Gasteiger partial charge on any atom is 0.354 e. The summed E-state index contributed by atoms with van der Waals surface area (Å²) in [6, 6.07) is 17.0. The highest BCUT2D eigenvalue weighted by molar-refractivity contribution is 7.13. The molecule has 2 aromatic carbocycles. The van der Waals surface area contributed by atoms with Crippen LogP contribution in [0.15, 0.2) is 64.4 Å². The Balaban J connectivity index is 1.69. The molecule has 28 heavy (non-hydrogen) atoms. The fourth-order valence-corrected chi connectivity index (χ4v) is 4.19. The van der Waals surface area contributed by atoms with E-state index < -0.39 is 5.97 Å². The maximum atomic E-state index is 11.2. The highest BCUT2D eigenvalue weighted by atomic mass is 32.1. The molecule has 0 amide bonds. The van der Waals surface area contributed by atoms with Gasteiger partial charge in [0.05, 0.1) is 5.69 Å². The average molecular weight is 386 g/mol. The van der Waals surface area contributed by atoms with Crippen molar-refractivity contribution in [2.45, 2.75) is 6.92 Å². The number of rotatable bonds is 3. The van der Waals surface area contributed by atoms with Crippen molar-refractivity contribution in [1.82, 2.24) is 9.97 Å². The highest BCUT2D eigenvalue weighted by Gasteiger charge is 2.17. The van der Waals surface area contributed by atoms with Crippen LogP contribution in [-0.4, -0.2) is 21.0 Å². The predicted octanol–water partition coefficient (Wildman–Crippen LogP) is 5.78. The third-order valence-electron chi connectivity index (χ3n) is 4.69. The van der Waals surface area contributed by atoms with Gasteiger partial charge in [-0.2, -0.15) is 0 Å². The summed E-state index contributed by atoms with van der Waals surface area (Å²) in [6.07, 6.45) is 0. The van der Waals surface area contributed by atoms with Gasteiger partial charge in [0.15, 0.2) is 0 Å². The number of hydrogen-bond donors (Lipinski definition) is 1. The lowest BCUT2D eigenvalue weighted by Crippen LogP contribution is -2.00. The van der Waals surface area contributed by atoms with Gasteiger partial charge in [0.25, 0.3) is 0 Å². The smallest absolute Gasteiger partial charge is 0.354 e. The minimum atomic E-state index is -1.05. The van der Waals surface area contributed by atoms with E-state index in [1.807, 2.05) is 36.6 Å². The molecule has 0 saturated carbocycles. The number of hydrogen-bond acceptors (Lipinski definition) is 5. The molecule has 6 heteroatoms. The van der Waals surface area contributed by atoms with E-state index in [2.05, 4.69) is 17.1 Å². The number of carboxylic acid groups (broad SMARTS) is 1. The molecule has 0 saturated heterocycles. The lowest BCUT2D eigenvalue weighted by atomic mass is 10.0. The van der Waals surface area contributed by atoms with Gasteiger partial charge >= 0.3 is 5.97 Å². The van der Waals surface area contributed by atoms with Gasteiger partial charge in [0.2, 0.25) is 0 Å². The molecule has 0 bridgehead atoms. The van der Waals surface area contributed by atoms with Gasteiger partial charge in [0.1, 0.15) is 27.6 Å². The van der Waals surface area contributed by atoms with Crippen molar-refractivity contribution in [3.8, 4) is 22.0 Å². The van der Waals surface area contributed by atoms with E-state index in [1.165, 1.54) is 17.4 Å². The van der Waals surface area contributed by atoms with Crippen molar-refractivity contribution in [1.29, 1.82) is 0 Å². The molecule has 0 unspecified atom stereocenters. The summed E-state index contributed by atoms with van der Waals surface area (Å²) in [5.41, 5.74) is 4.99. The number of pyridine rings is 1. The molecule has 136 valence electrons. The van der Waals surface area contributed by atoms with Crippen molar-refractivity contribution < 1.29 is 14.3 Å².